The van der Waals surface area contributed by atoms with E-state index in [1.807, 2.05) is 11.0 Å². The fraction of sp³-hybridized carbons (Fsp3) is 0.619. The van der Waals surface area contributed by atoms with E-state index in [0.717, 1.165) is 56.9 Å². The van der Waals surface area contributed by atoms with E-state index in [1.165, 1.54) is 5.52 Å². The molecule has 2 aromatic rings. The maximum Gasteiger partial charge on any atom is 0.225 e. The summed E-state index contributed by atoms with van der Waals surface area (Å²) in [6, 6.07) is 8.76. The number of rotatable bonds is 6. The summed E-state index contributed by atoms with van der Waals surface area (Å²) in [4.78, 5) is 21.9. The van der Waals surface area contributed by atoms with Crippen LogP contribution in [0.4, 0.5) is 0 Å². The number of nitrogens with zero attached hydrogens (tertiary/aromatic N) is 4. The van der Waals surface area contributed by atoms with Crippen LogP contribution in [0.1, 0.15) is 52.4 Å². The Hall–Kier alpha value is -1.88. The average molecular weight is 357 g/mol. The highest BCUT2D eigenvalue weighted by Gasteiger charge is 2.28. The molecule has 5 heteroatoms. The van der Waals surface area contributed by atoms with Crippen molar-refractivity contribution >= 4 is 16.9 Å². The molecule has 0 radical (unpaired) electrons. The summed E-state index contributed by atoms with van der Waals surface area (Å²) in [5, 5.41) is 0. The molecular formula is C21H32N4O. The second kappa shape index (κ2) is 8.21. The minimum Gasteiger partial charge on any atom is -0.343 e. The van der Waals surface area contributed by atoms with Gasteiger partial charge >= 0.3 is 0 Å². The Morgan fingerprint density at radius 3 is 2.46 bits per heavy atom. The summed E-state index contributed by atoms with van der Waals surface area (Å²) in [6.45, 7) is 13.0. The third kappa shape index (κ3) is 3.78. The SMILES string of the molecule is CCN(CC)C(=O)C1CCN(Cc2nc3ccccc3n2C(C)C)CC1. The standard InChI is InChI=1S/C21H32N4O/c1-5-24(6-2)21(26)17-11-13-23(14-12-17)15-20-22-18-9-7-8-10-19(18)25(20)16(3)4/h7-10,16-17H,5-6,11-15H2,1-4H3. The number of likely N-dealkylation sites (tertiary alicyclic amines) is 1. The monoisotopic (exact) mass is 356 g/mol. The lowest BCUT2D eigenvalue weighted by Gasteiger charge is -2.33. The number of para-hydroxylation sites is 2. The molecule has 1 aliphatic heterocycles. The lowest BCUT2D eigenvalue weighted by Crippen LogP contribution is -2.42. The quantitative estimate of drug-likeness (QED) is 0.792. The third-order valence-electron chi connectivity index (χ3n) is 5.56. The third-order valence-corrected chi connectivity index (χ3v) is 5.56. The van der Waals surface area contributed by atoms with Crippen molar-refractivity contribution in [2.75, 3.05) is 26.2 Å². The number of amides is 1. The van der Waals surface area contributed by atoms with Crippen LogP contribution < -0.4 is 0 Å². The van der Waals surface area contributed by atoms with Gasteiger partial charge < -0.3 is 9.47 Å². The summed E-state index contributed by atoms with van der Waals surface area (Å²) in [5.41, 5.74) is 2.28. The molecule has 0 bridgehead atoms. The van der Waals surface area contributed by atoms with Gasteiger partial charge in [-0.2, -0.15) is 0 Å². The molecule has 0 N–H and O–H groups in total. The van der Waals surface area contributed by atoms with Crippen LogP contribution in [-0.4, -0.2) is 51.4 Å². The number of piperidine rings is 1. The van der Waals surface area contributed by atoms with Crippen LogP contribution in [0.25, 0.3) is 11.0 Å². The van der Waals surface area contributed by atoms with Crippen molar-refractivity contribution in [1.29, 1.82) is 0 Å². The Bertz CT molecular complexity index is 740. The van der Waals surface area contributed by atoms with Crippen LogP contribution in [0, 0.1) is 5.92 Å². The summed E-state index contributed by atoms with van der Waals surface area (Å²) >= 11 is 0. The Labute approximate surface area is 157 Å². The van der Waals surface area contributed by atoms with E-state index in [2.05, 4.69) is 55.4 Å². The summed E-state index contributed by atoms with van der Waals surface area (Å²) in [6.07, 6.45) is 1.91. The van der Waals surface area contributed by atoms with Gasteiger partial charge in [0.15, 0.2) is 0 Å². The smallest absolute Gasteiger partial charge is 0.225 e. The van der Waals surface area contributed by atoms with Gasteiger partial charge in [-0.3, -0.25) is 9.69 Å². The Morgan fingerprint density at radius 1 is 1.19 bits per heavy atom. The normalized spacial score (nSPS) is 16.5. The van der Waals surface area contributed by atoms with E-state index in [1.54, 1.807) is 0 Å². The van der Waals surface area contributed by atoms with Gasteiger partial charge in [-0.15, -0.1) is 0 Å². The Morgan fingerprint density at radius 2 is 1.85 bits per heavy atom. The fourth-order valence-electron chi connectivity index (χ4n) is 4.11. The van der Waals surface area contributed by atoms with Gasteiger partial charge in [-0.25, -0.2) is 4.98 Å². The van der Waals surface area contributed by atoms with Crippen molar-refractivity contribution < 1.29 is 4.79 Å². The predicted octanol–water partition coefficient (Wildman–Crippen LogP) is 3.70. The number of carbonyl (C=O) groups is 1. The molecule has 0 unspecified atom stereocenters. The zero-order valence-electron chi connectivity index (χ0n) is 16.6. The summed E-state index contributed by atoms with van der Waals surface area (Å²) < 4.78 is 2.35. The van der Waals surface area contributed by atoms with Crippen molar-refractivity contribution in [2.45, 2.75) is 53.1 Å². The zero-order chi connectivity index (χ0) is 18.7. The number of benzene rings is 1. The van der Waals surface area contributed by atoms with Gasteiger partial charge in [0, 0.05) is 25.0 Å². The average Bonchev–Trinajstić information content (AvgIpc) is 3.01. The van der Waals surface area contributed by atoms with Gasteiger partial charge in [0.2, 0.25) is 5.91 Å². The Balaban J connectivity index is 1.68. The molecule has 26 heavy (non-hydrogen) atoms. The van der Waals surface area contributed by atoms with Gasteiger partial charge in [-0.05, 0) is 65.8 Å². The highest BCUT2D eigenvalue weighted by atomic mass is 16.2. The molecule has 1 aliphatic rings. The fourth-order valence-corrected chi connectivity index (χ4v) is 4.11. The van der Waals surface area contributed by atoms with Crippen LogP contribution >= 0.6 is 0 Å². The molecule has 1 aromatic carbocycles. The zero-order valence-corrected chi connectivity index (χ0v) is 16.6. The number of aromatic nitrogens is 2. The summed E-state index contributed by atoms with van der Waals surface area (Å²) in [7, 11) is 0. The number of fused-ring (bicyclic) bond motifs is 1. The lowest BCUT2D eigenvalue weighted by atomic mass is 9.95. The van der Waals surface area contributed by atoms with Gasteiger partial charge in [0.25, 0.3) is 0 Å². The molecule has 0 atom stereocenters. The molecule has 0 saturated carbocycles. The van der Waals surface area contributed by atoms with Crippen molar-refractivity contribution in [3.63, 3.8) is 0 Å². The van der Waals surface area contributed by atoms with Gasteiger partial charge in [0.1, 0.15) is 5.82 Å². The van der Waals surface area contributed by atoms with Crippen molar-refractivity contribution in [3.05, 3.63) is 30.1 Å². The van der Waals surface area contributed by atoms with Crippen LogP contribution in [0.2, 0.25) is 0 Å². The van der Waals surface area contributed by atoms with E-state index >= 15 is 0 Å². The van der Waals surface area contributed by atoms with E-state index in [0.29, 0.717) is 11.9 Å². The maximum atomic E-state index is 12.6. The molecule has 142 valence electrons. The van der Waals surface area contributed by atoms with Crippen LogP contribution in [0.3, 0.4) is 0 Å². The molecule has 1 aromatic heterocycles. The predicted molar refractivity (Wildman–Crippen MR) is 106 cm³/mol. The summed E-state index contributed by atoms with van der Waals surface area (Å²) in [5.74, 6) is 1.66. The molecule has 2 heterocycles. The van der Waals surface area contributed by atoms with E-state index in [4.69, 9.17) is 4.98 Å². The van der Waals surface area contributed by atoms with Crippen molar-refractivity contribution in [2.24, 2.45) is 5.92 Å². The van der Waals surface area contributed by atoms with Crippen molar-refractivity contribution in [1.82, 2.24) is 19.4 Å². The minimum atomic E-state index is 0.190. The van der Waals surface area contributed by atoms with Crippen LogP contribution in [0.15, 0.2) is 24.3 Å². The molecule has 1 amide bonds. The van der Waals surface area contributed by atoms with Crippen LogP contribution in [0.5, 0.6) is 0 Å². The highest BCUT2D eigenvalue weighted by Crippen LogP contribution is 2.25. The topological polar surface area (TPSA) is 41.4 Å². The lowest BCUT2D eigenvalue weighted by molar-refractivity contribution is -0.136. The number of imidazole rings is 1. The van der Waals surface area contributed by atoms with E-state index in [-0.39, 0.29) is 5.92 Å². The number of hydrogen-bond acceptors (Lipinski definition) is 3. The molecule has 5 nitrogen and oxygen atoms in total. The first-order chi connectivity index (χ1) is 12.5. The second-order valence-corrected chi connectivity index (χ2v) is 7.54. The molecule has 0 spiro atoms. The first-order valence-corrected chi connectivity index (χ1v) is 10.0. The van der Waals surface area contributed by atoms with Gasteiger partial charge in [-0.1, -0.05) is 12.1 Å². The Kier molecular flexibility index (Phi) is 5.97. The molecule has 1 fully saturated rings. The molecular weight excluding hydrogens is 324 g/mol. The molecule has 3 rings (SSSR count). The van der Waals surface area contributed by atoms with Crippen LogP contribution in [-0.2, 0) is 11.3 Å². The maximum absolute atomic E-state index is 12.6. The largest absolute Gasteiger partial charge is 0.343 e. The number of carbonyl (C=O) groups excluding carboxylic acids is 1. The molecule has 0 aliphatic carbocycles. The van der Waals surface area contributed by atoms with Crippen molar-refractivity contribution in [3.8, 4) is 0 Å². The minimum absolute atomic E-state index is 0.190. The second-order valence-electron chi connectivity index (χ2n) is 7.54. The van der Waals surface area contributed by atoms with E-state index < -0.39 is 0 Å². The highest BCUT2D eigenvalue weighted by molar-refractivity contribution is 5.79. The number of hydrogen-bond donors (Lipinski definition) is 0. The first kappa shape index (κ1) is 18.9. The van der Waals surface area contributed by atoms with E-state index in [9.17, 15) is 4.79 Å². The first-order valence-electron chi connectivity index (χ1n) is 10.0. The molecule has 1 saturated heterocycles. The van der Waals surface area contributed by atoms with Gasteiger partial charge in [0.05, 0.1) is 17.6 Å².